The van der Waals surface area contributed by atoms with Gasteiger partial charge in [-0.15, -0.1) is 0 Å². The van der Waals surface area contributed by atoms with E-state index in [2.05, 4.69) is 5.32 Å². The lowest BCUT2D eigenvalue weighted by Crippen LogP contribution is -2.31. The minimum absolute atomic E-state index is 0. The van der Waals surface area contributed by atoms with Crippen LogP contribution in [0, 0.1) is 5.92 Å². The molecule has 4 nitrogen and oxygen atoms in total. The number of Topliss-reactive ketones (excluding diaryl/α,β-unsaturated/α-hetero) is 1. The molecule has 1 amide bonds. The zero-order chi connectivity index (χ0) is 11.0. The molecule has 84 valence electrons. The Morgan fingerprint density at radius 2 is 2.07 bits per heavy atom. The standard InChI is InChI=1S/C10H19NO3.H2/c1-4-9(12)7-14-6-5-11-10(13)8(2)3;/h8H,4-7H2,1-3H3,(H,11,13);1H. The van der Waals surface area contributed by atoms with Crippen LogP contribution in [0.4, 0.5) is 0 Å². The van der Waals surface area contributed by atoms with Gasteiger partial charge in [-0.2, -0.15) is 0 Å². The maximum Gasteiger partial charge on any atom is 0.222 e. The van der Waals surface area contributed by atoms with Crippen molar-refractivity contribution in [3.8, 4) is 0 Å². The highest BCUT2D eigenvalue weighted by Crippen LogP contribution is 1.89. The van der Waals surface area contributed by atoms with Crippen molar-refractivity contribution in [3.05, 3.63) is 0 Å². The van der Waals surface area contributed by atoms with Crippen molar-refractivity contribution in [1.29, 1.82) is 0 Å². The molecular weight excluding hydrogens is 182 g/mol. The van der Waals surface area contributed by atoms with Crippen LogP contribution in [-0.4, -0.2) is 31.4 Å². The third-order valence-electron chi connectivity index (χ3n) is 1.73. The molecule has 0 spiro atoms. The molecule has 0 unspecified atom stereocenters. The molecule has 0 saturated heterocycles. The van der Waals surface area contributed by atoms with Crippen molar-refractivity contribution in [3.63, 3.8) is 0 Å². The quantitative estimate of drug-likeness (QED) is 0.628. The first-order valence-electron chi connectivity index (χ1n) is 4.95. The van der Waals surface area contributed by atoms with Crippen LogP contribution in [0.2, 0.25) is 0 Å². The minimum Gasteiger partial charge on any atom is -0.372 e. The van der Waals surface area contributed by atoms with Gasteiger partial charge in [-0.25, -0.2) is 0 Å². The molecule has 0 fully saturated rings. The van der Waals surface area contributed by atoms with Gasteiger partial charge in [-0.05, 0) is 0 Å². The Labute approximate surface area is 86.5 Å². The van der Waals surface area contributed by atoms with Crippen LogP contribution in [0.15, 0.2) is 0 Å². The summed E-state index contributed by atoms with van der Waals surface area (Å²) in [5, 5.41) is 2.70. The van der Waals surface area contributed by atoms with Crippen molar-refractivity contribution < 1.29 is 15.8 Å². The Bertz CT molecular complexity index is 195. The van der Waals surface area contributed by atoms with Crippen LogP contribution < -0.4 is 5.32 Å². The largest absolute Gasteiger partial charge is 0.372 e. The molecule has 0 aliphatic rings. The van der Waals surface area contributed by atoms with E-state index >= 15 is 0 Å². The molecule has 0 aromatic rings. The summed E-state index contributed by atoms with van der Waals surface area (Å²) < 4.78 is 5.05. The summed E-state index contributed by atoms with van der Waals surface area (Å²) in [6.07, 6.45) is 0.498. The van der Waals surface area contributed by atoms with Gasteiger partial charge in [-0.1, -0.05) is 20.8 Å². The highest BCUT2D eigenvalue weighted by Gasteiger charge is 2.04. The van der Waals surface area contributed by atoms with E-state index < -0.39 is 0 Å². The summed E-state index contributed by atoms with van der Waals surface area (Å²) in [5.74, 6) is 0.0860. The molecule has 4 heteroatoms. The molecule has 0 atom stereocenters. The summed E-state index contributed by atoms with van der Waals surface area (Å²) in [5.41, 5.74) is 0. The van der Waals surface area contributed by atoms with Crippen molar-refractivity contribution in [1.82, 2.24) is 5.32 Å². The molecule has 0 aliphatic heterocycles. The molecule has 0 aromatic carbocycles. The minimum atomic E-state index is -0.00715. The molecule has 14 heavy (non-hydrogen) atoms. The molecule has 0 rings (SSSR count). The van der Waals surface area contributed by atoms with E-state index in [1.54, 1.807) is 6.92 Å². The fourth-order valence-corrected chi connectivity index (χ4v) is 0.739. The lowest BCUT2D eigenvalue weighted by molar-refractivity contribution is -0.124. The van der Waals surface area contributed by atoms with Crippen LogP contribution in [-0.2, 0) is 14.3 Å². The Balaban J connectivity index is 0. The van der Waals surface area contributed by atoms with Crippen molar-refractivity contribution in [2.45, 2.75) is 27.2 Å². The van der Waals surface area contributed by atoms with E-state index in [0.717, 1.165) is 0 Å². The number of hydrogen-bond donors (Lipinski definition) is 1. The zero-order valence-corrected chi connectivity index (χ0v) is 9.13. The third kappa shape index (κ3) is 6.60. The Morgan fingerprint density at radius 3 is 2.57 bits per heavy atom. The second kappa shape index (κ2) is 7.50. The first-order chi connectivity index (χ1) is 6.57. The fraction of sp³-hybridized carbons (Fsp3) is 0.800. The highest BCUT2D eigenvalue weighted by molar-refractivity contribution is 5.79. The van der Waals surface area contributed by atoms with Gasteiger partial charge in [0.15, 0.2) is 5.78 Å². The predicted octanol–water partition coefficient (Wildman–Crippen LogP) is 1.00. The van der Waals surface area contributed by atoms with E-state index in [1.165, 1.54) is 0 Å². The topological polar surface area (TPSA) is 55.4 Å². The number of rotatable bonds is 7. The Kier molecular flexibility index (Phi) is 7.02. The van der Waals surface area contributed by atoms with Crippen molar-refractivity contribution in [2.75, 3.05) is 19.8 Å². The predicted molar refractivity (Wildman–Crippen MR) is 56.1 cm³/mol. The number of carbonyl (C=O) groups is 2. The van der Waals surface area contributed by atoms with Gasteiger partial charge in [0.05, 0.1) is 6.61 Å². The number of carbonyl (C=O) groups excluding carboxylic acids is 2. The Hall–Kier alpha value is -0.900. The molecule has 0 bridgehead atoms. The van der Waals surface area contributed by atoms with E-state index in [4.69, 9.17) is 4.74 Å². The molecule has 0 aliphatic carbocycles. The summed E-state index contributed by atoms with van der Waals surface area (Å²) in [4.78, 5) is 21.9. The average Bonchev–Trinajstić information content (AvgIpc) is 2.16. The highest BCUT2D eigenvalue weighted by atomic mass is 16.5. The van der Waals surface area contributed by atoms with Gasteiger partial charge >= 0.3 is 0 Å². The average molecular weight is 203 g/mol. The molecule has 0 radical (unpaired) electrons. The monoisotopic (exact) mass is 203 g/mol. The van der Waals surface area contributed by atoms with Crippen LogP contribution in [0.3, 0.4) is 0 Å². The first kappa shape index (κ1) is 13.1. The summed E-state index contributed by atoms with van der Waals surface area (Å²) >= 11 is 0. The summed E-state index contributed by atoms with van der Waals surface area (Å²) in [6, 6.07) is 0. The summed E-state index contributed by atoms with van der Waals surface area (Å²) in [6.45, 7) is 6.46. The van der Waals surface area contributed by atoms with Gasteiger partial charge in [0.25, 0.3) is 0 Å². The van der Waals surface area contributed by atoms with Crippen molar-refractivity contribution >= 4 is 11.7 Å². The van der Waals surface area contributed by atoms with Gasteiger partial charge in [0.2, 0.25) is 5.91 Å². The van der Waals surface area contributed by atoms with Gasteiger partial charge in [0.1, 0.15) is 6.61 Å². The first-order valence-corrected chi connectivity index (χ1v) is 4.95. The smallest absolute Gasteiger partial charge is 0.222 e. The van der Waals surface area contributed by atoms with Crippen LogP contribution >= 0.6 is 0 Å². The molecule has 1 N–H and O–H groups in total. The number of amides is 1. The molecule has 0 heterocycles. The van der Waals surface area contributed by atoms with Gasteiger partial charge in [0, 0.05) is 20.3 Å². The maximum absolute atomic E-state index is 11.1. The molecular formula is C10H21NO3. The fourth-order valence-electron chi connectivity index (χ4n) is 0.739. The number of nitrogens with one attached hydrogen (secondary N) is 1. The molecule has 0 aromatic heterocycles. The van der Waals surface area contributed by atoms with E-state index in [9.17, 15) is 9.59 Å². The van der Waals surface area contributed by atoms with Crippen molar-refractivity contribution in [2.24, 2.45) is 5.92 Å². The van der Waals surface area contributed by atoms with E-state index in [0.29, 0.717) is 19.6 Å². The molecule has 0 saturated carbocycles. The maximum atomic E-state index is 11.1. The van der Waals surface area contributed by atoms with Gasteiger partial charge < -0.3 is 10.1 Å². The SMILES string of the molecule is CCC(=O)COCCNC(=O)C(C)C.[HH]. The zero-order valence-electron chi connectivity index (χ0n) is 9.13. The lowest BCUT2D eigenvalue weighted by atomic mass is 10.2. The third-order valence-corrected chi connectivity index (χ3v) is 1.73. The second-order valence-electron chi connectivity index (χ2n) is 3.39. The number of hydrogen-bond acceptors (Lipinski definition) is 3. The van der Waals surface area contributed by atoms with Gasteiger partial charge in [-0.3, -0.25) is 9.59 Å². The normalized spacial score (nSPS) is 10.3. The number of ether oxygens (including phenoxy) is 1. The van der Waals surface area contributed by atoms with Crippen LogP contribution in [0.25, 0.3) is 0 Å². The van der Waals surface area contributed by atoms with Crippen LogP contribution in [0.1, 0.15) is 28.6 Å². The Morgan fingerprint density at radius 1 is 1.43 bits per heavy atom. The van der Waals surface area contributed by atoms with E-state index in [-0.39, 0.29) is 25.6 Å². The van der Waals surface area contributed by atoms with Crippen LogP contribution in [0.5, 0.6) is 0 Å². The number of ketones is 1. The lowest BCUT2D eigenvalue weighted by Gasteiger charge is -2.07. The van der Waals surface area contributed by atoms with E-state index in [1.807, 2.05) is 13.8 Å². The summed E-state index contributed by atoms with van der Waals surface area (Å²) in [7, 11) is 0. The second-order valence-corrected chi connectivity index (χ2v) is 3.39.